The van der Waals surface area contributed by atoms with E-state index in [4.69, 9.17) is 16.3 Å². The number of carbonyl (C=O) groups is 1. The Balaban J connectivity index is 2.06. The molecule has 0 fully saturated rings. The largest absolute Gasteiger partial charge is 0.457 e. The van der Waals surface area contributed by atoms with Gasteiger partial charge in [-0.15, -0.1) is 0 Å². The molecule has 0 unspecified atom stereocenters. The highest BCUT2D eigenvalue weighted by Gasteiger charge is 2.11. The van der Waals surface area contributed by atoms with Crippen LogP contribution in [0.3, 0.4) is 0 Å². The third-order valence-electron chi connectivity index (χ3n) is 2.41. The summed E-state index contributed by atoms with van der Waals surface area (Å²) in [4.78, 5) is 11.9. The minimum atomic E-state index is -0.373. The van der Waals surface area contributed by atoms with Gasteiger partial charge < -0.3 is 4.74 Å². The normalized spacial score (nSPS) is 10.1. The molecule has 18 heavy (non-hydrogen) atoms. The van der Waals surface area contributed by atoms with E-state index >= 15 is 0 Å². The molecule has 2 rings (SSSR count). The van der Waals surface area contributed by atoms with Gasteiger partial charge in [0.05, 0.1) is 5.56 Å². The topological polar surface area (TPSA) is 26.3 Å². The highest BCUT2D eigenvalue weighted by atomic mass is 79.9. The Labute approximate surface area is 119 Å². The second-order valence-electron chi connectivity index (χ2n) is 3.65. The maximum absolute atomic E-state index is 11.9. The van der Waals surface area contributed by atoms with Crippen LogP contribution in [0.4, 0.5) is 0 Å². The van der Waals surface area contributed by atoms with E-state index in [9.17, 15) is 4.79 Å². The fourth-order valence-electron chi connectivity index (χ4n) is 1.46. The number of hydrogen-bond acceptors (Lipinski definition) is 2. The summed E-state index contributed by atoms with van der Waals surface area (Å²) in [6, 6.07) is 14.4. The van der Waals surface area contributed by atoms with Gasteiger partial charge in [-0.3, -0.25) is 0 Å². The highest BCUT2D eigenvalue weighted by molar-refractivity contribution is 9.10. The molecule has 0 heterocycles. The van der Waals surface area contributed by atoms with Gasteiger partial charge in [0.2, 0.25) is 0 Å². The van der Waals surface area contributed by atoms with Crippen LogP contribution in [-0.4, -0.2) is 5.97 Å². The summed E-state index contributed by atoms with van der Waals surface area (Å²) in [5.41, 5.74) is 1.30. The molecule has 0 aliphatic heterocycles. The van der Waals surface area contributed by atoms with Crippen LogP contribution in [0.15, 0.2) is 53.0 Å². The summed E-state index contributed by atoms with van der Waals surface area (Å²) in [6.07, 6.45) is 0. The van der Waals surface area contributed by atoms with Crippen molar-refractivity contribution in [2.24, 2.45) is 0 Å². The standard InChI is InChI=1S/C14H10BrClO2/c15-12-7-3-2-6-11(12)14(17)18-9-10-5-1-4-8-13(10)16/h1-8H,9H2. The van der Waals surface area contributed by atoms with Crippen LogP contribution < -0.4 is 0 Å². The molecule has 0 radical (unpaired) electrons. The van der Waals surface area contributed by atoms with Crippen LogP contribution in [0.1, 0.15) is 15.9 Å². The average molecular weight is 326 g/mol. The van der Waals surface area contributed by atoms with E-state index in [1.165, 1.54) is 0 Å². The lowest BCUT2D eigenvalue weighted by Gasteiger charge is -2.07. The number of ether oxygens (including phenoxy) is 1. The Hall–Kier alpha value is -1.32. The van der Waals surface area contributed by atoms with Gasteiger partial charge in [-0.25, -0.2) is 4.79 Å². The van der Waals surface area contributed by atoms with Crippen molar-refractivity contribution in [1.29, 1.82) is 0 Å². The Morgan fingerprint density at radius 1 is 1.11 bits per heavy atom. The highest BCUT2D eigenvalue weighted by Crippen LogP contribution is 2.19. The van der Waals surface area contributed by atoms with Crippen molar-refractivity contribution in [3.05, 3.63) is 69.2 Å². The molecule has 0 amide bonds. The summed E-state index contributed by atoms with van der Waals surface area (Å²) >= 11 is 9.30. The van der Waals surface area contributed by atoms with Crippen LogP contribution >= 0.6 is 27.5 Å². The first kappa shape index (κ1) is 13.1. The van der Waals surface area contributed by atoms with Crippen LogP contribution in [-0.2, 0) is 11.3 Å². The molecular formula is C14H10BrClO2. The lowest BCUT2D eigenvalue weighted by Crippen LogP contribution is -2.06. The van der Waals surface area contributed by atoms with E-state index in [-0.39, 0.29) is 12.6 Å². The van der Waals surface area contributed by atoms with Crippen molar-refractivity contribution in [3.63, 3.8) is 0 Å². The SMILES string of the molecule is O=C(OCc1ccccc1Cl)c1ccccc1Br. The lowest BCUT2D eigenvalue weighted by molar-refractivity contribution is 0.0472. The number of rotatable bonds is 3. The molecule has 0 spiro atoms. The summed E-state index contributed by atoms with van der Waals surface area (Å²) in [5, 5.41) is 0.595. The Kier molecular flexibility index (Phi) is 4.39. The zero-order valence-corrected chi connectivity index (χ0v) is 11.7. The van der Waals surface area contributed by atoms with E-state index < -0.39 is 0 Å². The summed E-state index contributed by atoms with van der Waals surface area (Å²) in [7, 11) is 0. The summed E-state index contributed by atoms with van der Waals surface area (Å²) in [6.45, 7) is 0.167. The molecular weight excluding hydrogens is 316 g/mol. The summed E-state index contributed by atoms with van der Waals surface area (Å²) in [5.74, 6) is -0.373. The molecule has 0 aliphatic carbocycles. The second kappa shape index (κ2) is 6.03. The van der Waals surface area contributed by atoms with Crippen molar-refractivity contribution in [2.75, 3.05) is 0 Å². The zero-order chi connectivity index (χ0) is 13.0. The monoisotopic (exact) mass is 324 g/mol. The first-order valence-corrected chi connectivity index (χ1v) is 6.50. The van der Waals surface area contributed by atoms with Gasteiger partial charge in [-0.05, 0) is 34.1 Å². The number of esters is 1. The first-order valence-electron chi connectivity index (χ1n) is 5.33. The third kappa shape index (κ3) is 3.12. The van der Waals surface area contributed by atoms with Crippen LogP contribution in [0.25, 0.3) is 0 Å². The maximum atomic E-state index is 11.9. The van der Waals surface area contributed by atoms with Crippen LogP contribution in [0.2, 0.25) is 5.02 Å². The van der Waals surface area contributed by atoms with Crippen molar-refractivity contribution in [1.82, 2.24) is 0 Å². The minimum Gasteiger partial charge on any atom is -0.457 e. The van der Waals surface area contributed by atoms with Crippen molar-refractivity contribution >= 4 is 33.5 Å². The van der Waals surface area contributed by atoms with Crippen molar-refractivity contribution in [3.8, 4) is 0 Å². The first-order chi connectivity index (χ1) is 8.68. The molecule has 4 heteroatoms. The smallest absolute Gasteiger partial charge is 0.339 e. The second-order valence-corrected chi connectivity index (χ2v) is 4.91. The molecule has 2 aromatic carbocycles. The van der Waals surface area contributed by atoms with Crippen molar-refractivity contribution < 1.29 is 9.53 Å². The molecule has 0 saturated carbocycles. The molecule has 0 bridgehead atoms. The molecule has 0 saturated heterocycles. The Bertz CT molecular complexity index is 569. The van der Waals surface area contributed by atoms with Crippen LogP contribution in [0, 0.1) is 0 Å². The molecule has 2 nitrogen and oxygen atoms in total. The van der Waals surface area contributed by atoms with E-state index in [1.807, 2.05) is 24.3 Å². The van der Waals surface area contributed by atoms with E-state index in [0.29, 0.717) is 15.1 Å². The van der Waals surface area contributed by atoms with Gasteiger partial charge in [0, 0.05) is 15.1 Å². The van der Waals surface area contributed by atoms with Gasteiger partial charge in [0.15, 0.2) is 0 Å². The van der Waals surface area contributed by atoms with Gasteiger partial charge in [0.1, 0.15) is 6.61 Å². The third-order valence-corrected chi connectivity index (χ3v) is 3.47. The quantitative estimate of drug-likeness (QED) is 0.779. The van der Waals surface area contributed by atoms with Gasteiger partial charge in [-0.2, -0.15) is 0 Å². The number of carbonyl (C=O) groups excluding carboxylic acids is 1. The van der Waals surface area contributed by atoms with E-state index in [2.05, 4.69) is 15.9 Å². The van der Waals surface area contributed by atoms with Gasteiger partial charge in [0.25, 0.3) is 0 Å². The fraction of sp³-hybridized carbons (Fsp3) is 0.0714. The fourth-order valence-corrected chi connectivity index (χ4v) is 2.10. The average Bonchev–Trinajstić information content (AvgIpc) is 2.38. The van der Waals surface area contributed by atoms with Crippen LogP contribution in [0.5, 0.6) is 0 Å². The van der Waals surface area contributed by atoms with Gasteiger partial charge >= 0.3 is 5.97 Å². The maximum Gasteiger partial charge on any atom is 0.339 e. The van der Waals surface area contributed by atoms with E-state index in [1.54, 1.807) is 24.3 Å². The molecule has 0 atom stereocenters. The predicted molar refractivity (Wildman–Crippen MR) is 74.7 cm³/mol. The molecule has 0 aliphatic rings. The predicted octanol–water partition coefficient (Wildman–Crippen LogP) is 4.46. The lowest BCUT2D eigenvalue weighted by atomic mass is 10.2. The minimum absolute atomic E-state index is 0.167. The molecule has 0 aromatic heterocycles. The van der Waals surface area contributed by atoms with Crippen molar-refractivity contribution in [2.45, 2.75) is 6.61 Å². The van der Waals surface area contributed by atoms with E-state index in [0.717, 1.165) is 5.56 Å². The Morgan fingerprint density at radius 2 is 1.78 bits per heavy atom. The zero-order valence-electron chi connectivity index (χ0n) is 9.40. The molecule has 92 valence electrons. The number of halogens is 2. The number of hydrogen-bond donors (Lipinski definition) is 0. The molecule has 2 aromatic rings. The summed E-state index contributed by atoms with van der Waals surface area (Å²) < 4.78 is 5.94. The van der Waals surface area contributed by atoms with Gasteiger partial charge in [-0.1, -0.05) is 41.9 Å². The Morgan fingerprint density at radius 3 is 2.50 bits per heavy atom. The number of benzene rings is 2. The molecule has 0 N–H and O–H groups in total.